The molecule has 3 unspecified atom stereocenters. The van der Waals surface area contributed by atoms with Gasteiger partial charge in [-0.25, -0.2) is 4.39 Å². The second kappa shape index (κ2) is 5.36. The smallest absolute Gasteiger partial charge is 0.130 e. The number of benzene rings is 1. The maximum atomic E-state index is 13.7. The van der Waals surface area contributed by atoms with Gasteiger partial charge in [0.2, 0.25) is 0 Å². The molecule has 1 saturated carbocycles. The van der Waals surface area contributed by atoms with Gasteiger partial charge in [0.25, 0.3) is 0 Å². The summed E-state index contributed by atoms with van der Waals surface area (Å²) in [6.07, 6.45) is 3.59. The van der Waals surface area contributed by atoms with Crippen LogP contribution in [0.1, 0.15) is 44.3 Å². The summed E-state index contributed by atoms with van der Waals surface area (Å²) in [7, 11) is 0. The predicted octanol–water partition coefficient (Wildman–Crippen LogP) is 4.34. The molecule has 1 nitrogen and oxygen atoms in total. The molecule has 3 heteroatoms. The first-order chi connectivity index (χ1) is 8.11. The van der Waals surface area contributed by atoms with Crippen LogP contribution in [0.2, 0.25) is 5.02 Å². The largest absolute Gasteiger partial charge is 0.388 e. The summed E-state index contributed by atoms with van der Waals surface area (Å²) in [5, 5.41) is 10.6. The van der Waals surface area contributed by atoms with Crippen LogP contribution >= 0.6 is 11.6 Å². The number of rotatable bonds is 3. The lowest BCUT2D eigenvalue weighted by Crippen LogP contribution is -2.11. The van der Waals surface area contributed by atoms with Gasteiger partial charge in [0.15, 0.2) is 0 Å². The van der Waals surface area contributed by atoms with Gasteiger partial charge in [-0.15, -0.1) is 0 Å². The van der Waals surface area contributed by atoms with Crippen molar-refractivity contribution in [2.24, 2.45) is 11.8 Å². The van der Waals surface area contributed by atoms with Crippen LogP contribution in [-0.2, 0) is 0 Å². The SMILES string of the molecule is CCC1CCC(C(O)c2ccc(Cl)cc2F)C1. The van der Waals surface area contributed by atoms with Crippen molar-refractivity contribution >= 4 is 11.6 Å². The van der Waals surface area contributed by atoms with Crippen molar-refractivity contribution in [2.45, 2.75) is 38.7 Å². The minimum Gasteiger partial charge on any atom is -0.388 e. The summed E-state index contributed by atoms with van der Waals surface area (Å²) in [6, 6.07) is 4.50. The second-order valence-electron chi connectivity index (χ2n) is 4.96. The van der Waals surface area contributed by atoms with E-state index in [0.717, 1.165) is 25.7 Å². The van der Waals surface area contributed by atoms with Gasteiger partial charge >= 0.3 is 0 Å². The fourth-order valence-corrected chi connectivity index (χ4v) is 2.93. The molecule has 1 fully saturated rings. The first-order valence-corrected chi connectivity index (χ1v) is 6.62. The lowest BCUT2D eigenvalue weighted by molar-refractivity contribution is 0.105. The predicted molar refractivity (Wildman–Crippen MR) is 67.5 cm³/mol. The van der Waals surface area contributed by atoms with E-state index in [1.807, 2.05) is 0 Å². The molecule has 0 amide bonds. The third-order valence-electron chi connectivity index (χ3n) is 3.89. The zero-order valence-corrected chi connectivity index (χ0v) is 10.8. The number of halogens is 2. The van der Waals surface area contributed by atoms with Crippen LogP contribution in [0, 0.1) is 17.7 Å². The molecule has 2 rings (SSSR count). The van der Waals surface area contributed by atoms with Crippen molar-refractivity contribution in [3.05, 3.63) is 34.6 Å². The Bertz CT molecular complexity index is 394. The lowest BCUT2D eigenvalue weighted by Gasteiger charge is -2.19. The highest BCUT2D eigenvalue weighted by atomic mass is 35.5. The van der Waals surface area contributed by atoms with E-state index < -0.39 is 11.9 Å². The molecule has 1 aromatic carbocycles. The van der Waals surface area contributed by atoms with Crippen molar-refractivity contribution in [1.82, 2.24) is 0 Å². The van der Waals surface area contributed by atoms with E-state index in [1.165, 1.54) is 6.07 Å². The Labute approximate surface area is 107 Å². The Balaban J connectivity index is 2.12. The molecule has 1 N–H and O–H groups in total. The van der Waals surface area contributed by atoms with Crippen LogP contribution in [-0.4, -0.2) is 5.11 Å². The van der Waals surface area contributed by atoms with E-state index in [0.29, 0.717) is 16.5 Å². The fraction of sp³-hybridized carbons (Fsp3) is 0.571. The Kier molecular flexibility index (Phi) is 4.05. The average molecular weight is 257 g/mol. The van der Waals surface area contributed by atoms with Crippen LogP contribution in [0.25, 0.3) is 0 Å². The third-order valence-corrected chi connectivity index (χ3v) is 4.12. The lowest BCUT2D eigenvalue weighted by atomic mass is 9.92. The first kappa shape index (κ1) is 12.8. The Morgan fingerprint density at radius 2 is 2.24 bits per heavy atom. The molecule has 17 heavy (non-hydrogen) atoms. The van der Waals surface area contributed by atoms with Gasteiger partial charge in [-0.05, 0) is 36.8 Å². The fourth-order valence-electron chi connectivity index (χ4n) is 2.77. The van der Waals surface area contributed by atoms with Gasteiger partial charge in [-0.2, -0.15) is 0 Å². The third kappa shape index (κ3) is 2.80. The van der Waals surface area contributed by atoms with E-state index in [4.69, 9.17) is 11.6 Å². The number of hydrogen-bond acceptors (Lipinski definition) is 1. The molecular formula is C14H18ClFO. The summed E-state index contributed by atoms with van der Waals surface area (Å²) in [4.78, 5) is 0. The summed E-state index contributed by atoms with van der Waals surface area (Å²) >= 11 is 5.71. The van der Waals surface area contributed by atoms with E-state index >= 15 is 0 Å². The van der Waals surface area contributed by atoms with Gasteiger partial charge in [0, 0.05) is 10.6 Å². The number of hydrogen-bond donors (Lipinski definition) is 1. The van der Waals surface area contributed by atoms with Crippen LogP contribution in [0.5, 0.6) is 0 Å². The molecular weight excluding hydrogens is 239 g/mol. The maximum Gasteiger partial charge on any atom is 0.130 e. The Morgan fingerprint density at radius 3 is 2.82 bits per heavy atom. The first-order valence-electron chi connectivity index (χ1n) is 6.24. The monoisotopic (exact) mass is 256 g/mol. The quantitative estimate of drug-likeness (QED) is 0.853. The summed E-state index contributed by atoms with van der Waals surface area (Å²) in [6.45, 7) is 2.17. The number of aliphatic hydroxyl groups excluding tert-OH is 1. The van der Waals surface area contributed by atoms with E-state index in [-0.39, 0.29) is 5.92 Å². The van der Waals surface area contributed by atoms with Gasteiger partial charge < -0.3 is 5.11 Å². The van der Waals surface area contributed by atoms with Gasteiger partial charge in [0.1, 0.15) is 5.82 Å². The molecule has 1 aliphatic rings. The van der Waals surface area contributed by atoms with Gasteiger partial charge in [-0.1, -0.05) is 37.4 Å². The molecule has 0 saturated heterocycles. The molecule has 0 spiro atoms. The van der Waals surface area contributed by atoms with E-state index in [9.17, 15) is 9.50 Å². The standard InChI is InChI=1S/C14H18ClFO/c1-2-9-3-4-10(7-9)14(17)12-6-5-11(15)8-13(12)16/h5-6,8-10,14,17H,2-4,7H2,1H3. The Hall–Kier alpha value is -0.600. The number of aliphatic hydroxyl groups is 1. The van der Waals surface area contributed by atoms with Crippen LogP contribution in [0.15, 0.2) is 18.2 Å². The molecule has 0 bridgehead atoms. The van der Waals surface area contributed by atoms with Crippen LogP contribution < -0.4 is 0 Å². The van der Waals surface area contributed by atoms with Gasteiger partial charge in [0.05, 0.1) is 6.10 Å². The highest BCUT2D eigenvalue weighted by Crippen LogP contribution is 2.41. The van der Waals surface area contributed by atoms with Crippen molar-refractivity contribution in [3.63, 3.8) is 0 Å². The summed E-state index contributed by atoms with van der Waals surface area (Å²) in [5.41, 5.74) is 0.385. The maximum absolute atomic E-state index is 13.7. The van der Waals surface area contributed by atoms with E-state index in [2.05, 4.69) is 6.92 Å². The zero-order chi connectivity index (χ0) is 12.4. The van der Waals surface area contributed by atoms with Crippen molar-refractivity contribution in [2.75, 3.05) is 0 Å². The average Bonchev–Trinajstić information content (AvgIpc) is 2.76. The molecule has 1 aromatic rings. The highest BCUT2D eigenvalue weighted by molar-refractivity contribution is 6.30. The molecule has 1 aliphatic carbocycles. The van der Waals surface area contributed by atoms with Crippen molar-refractivity contribution < 1.29 is 9.50 Å². The minimum absolute atomic E-state index is 0.190. The molecule has 0 aliphatic heterocycles. The molecule has 0 heterocycles. The Morgan fingerprint density at radius 1 is 1.47 bits per heavy atom. The summed E-state index contributed by atoms with van der Waals surface area (Å²) < 4.78 is 13.7. The minimum atomic E-state index is -0.691. The second-order valence-corrected chi connectivity index (χ2v) is 5.39. The molecule has 0 aromatic heterocycles. The van der Waals surface area contributed by atoms with Crippen LogP contribution in [0.3, 0.4) is 0 Å². The van der Waals surface area contributed by atoms with Crippen LogP contribution in [0.4, 0.5) is 4.39 Å². The summed E-state index contributed by atoms with van der Waals surface area (Å²) in [5.74, 6) is 0.477. The van der Waals surface area contributed by atoms with E-state index in [1.54, 1.807) is 12.1 Å². The topological polar surface area (TPSA) is 20.2 Å². The van der Waals surface area contributed by atoms with Gasteiger partial charge in [-0.3, -0.25) is 0 Å². The normalized spacial score (nSPS) is 26.1. The van der Waals surface area contributed by atoms with Crippen molar-refractivity contribution in [1.29, 1.82) is 0 Å². The molecule has 0 radical (unpaired) electrons. The van der Waals surface area contributed by atoms with Crippen molar-refractivity contribution in [3.8, 4) is 0 Å². The molecule has 3 atom stereocenters. The zero-order valence-electron chi connectivity index (χ0n) is 10.00. The highest BCUT2D eigenvalue weighted by Gasteiger charge is 2.30. The molecule has 94 valence electrons.